The fourth-order valence-corrected chi connectivity index (χ4v) is 4.46. The van der Waals surface area contributed by atoms with E-state index < -0.39 is 0 Å². The molecule has 0 bridgehead atoms. The van der Waals surface area contributed by atoms with Crippen LogP contribution in [0.15, 0.2) is 12.1 Å². The van der Waals surface area contributed by atoms with Crippen LogP contribution < -0.4 is 5.32 Å². The summed E-state index contributed by atoms with van der Waals surface area (Å²) in [5.74, 6) is 0.994. The molecule has 1 aromatic carbocycles. The van der Waals surface area contributed by atoms with E-state index >= 15 is 0 Å². The number of halogens is 2. The summed E-state index contributed by atoms with van der Waals surface area (Å²) in [5.41, 5.74) is 2.55. The molecule has 1 heterocycles. The highest BCUT2D eigenvalue weighted by molar-refractivity contribution is 7.99. The summed E-state index contributed by atoms with van der Waals surface area (Å²) in [6, 6.07) is 4.31. The maximum Gasteiger partial charge on any atom is 0.0464 e. The van der Waals surface area contributed by atoms with Gasteiger partial charge in [0.05, 0.1) is 0 Å². The molecule has 0 amide bonds. The number of fused-ring (bicyclic) bond motifs is 1. The zero-order valence-electron chi connectivity index (χ0n) is 10.8. The molecule has 18 heavy (non-hydrogen) atoms. The molecule has 0 fully saturated rings. The second-order valence-electron chi connectivity index (χ2n) is 4.64. The first-order valence-electron chi connectivity index (χ1n) is 6.50. The summed E-state index contributed by atoms with van der Waals surface area (Å²) in [6.07, 6.45) is 2.30. The quantitative estimate of drug-likeness (QED) is 0.834. The van der Waals surface area contributed by atoms with Crippen LogP contribution in [0.3, 0.4) is 0 Å². The minimum Gasteiger partial charge on any atom is -0.309 e. The van der Waals surface area contributed by atoms with Gasteiger partial charge in [0, 0.05) is 27.1 Å². The van der Waals surface area contributed by atoms with Crippen molar-refractivity contribution in [1.29, 1.82) is 0 Å². The van der Waals surface area contributed by atoms with E-state index in [1.807, 2.05) is 17.8 Å². The van der Waals surface area contributed by atoms with E-state index in [4.69, 9.17) is 23.2 Å². The average molecular weight is 304 g/mol. The van der Waals surface area contributed by atoms with Crippen LogP contribution in [0.2, 0.25) is 10.0 Å². The van der Waals surface area contributed by atoms with Crippen molar-refractivity contribution in [3.63, 3.8) is 0 Å². The molecule has 1 aromatic rings. The predicted molar refractivity (Wildman–Crippen MR) is 82.9 cm³/mol. The summed E-state index contributed by atoms with van der Waals surface area (Å²) in [6.45, 7) is 5.47. The molecule has 0 saturated heterocycles. The molecule has 1 aliphatic rings. The van der Waals surface area contributed by atoms with Crippen molar-refractivity contribution >= 4 is 35.0 Å². The fourth-order valence-electron chi connectivity index (χ4n) is 2.43. The molecule has 1 nitrogen and oxygen atoms in total. The number of hydrogen-bond acceptors (Lipinski definition) is 2. The Morgan fingerprint density at radius 3 is 2.78 bits per heavy atom. The van der Waals surface area contributed by atoms with E-state index in [9.17, 15) is 0 Å². The molecule has 1 aliphatic heterocycles. The van der Waals surface area contributed by atoms with Gasteiger partial charge < -0.3 is 5.32 Å². The maximum atomic E-state index is 6.31. The first kappa shape index (κ1) is 14.5. The number of hydrogen-bond donors (Lipinski definition) is 1. The maximum absolute atomic E-state index is 6.31. The number of nitrogens with one attached hydrogen (secondary N) is 1. The van der Waals surface area contributed by atoms with Crippen LogP contribution >= 0.6 is 35.0 Å². The smallest absolute Gasteiger partial charge is 0.0464 e. The van der Waals surface area contributed by atoms with Gasteiger partial charge in [0.1, 0.15) is 0 Å². The Bertz CT molecular complexity index is 423. The third-order valence-electron chi connectivity index (χ3n) is 3.36. The fraction of sp³-hybridized carbons (Fsp3) is 0.571. The average Bonchev–Trinajstić information content (AvgIpc) is 2.35. The summed E-state index contributed by atoms with van der Waals surface area (Å²) >= 11 is 14.5. The Hall–Kier alpha value is 0.110. The molecule has 2 atom stereocenters. The van der Waals surface area contributed by atoms with E-state index in [0.29, 0.717) is 11.3 Å². The Balaban J connectivity index is 2.36. The lowest BCUT2D eigenvalue weighted by atomic mass is 9.96. The van der Waals surface area contributed by atoms with E-state index in [2.05, 4.69) is 25.2 Å². The van der Waals surface area contributed by atoms with Crippen LogP contribution in [0, 0.1) is 0 Å². The zero-order valence-corrected chi connectivity index (χ0v) is 13.1. The monoisotopic (exact) mass is 303 g/mol. The zero-order chi connectivity index (χ0) is 13.1. The topological polar surface area (TPSA) is 12.0 Å². The number of thioether (sulfide) groups is 1. The van der Waals surface area contributed by atoms with Crippen molar-refractivity contribution in [3.05, 3.63) is 33.3 Å². The van der Waals surface area contributed by atoms with Crippen molar-refractivity contribution < 1.29 is 0 Å². The molecular formula is C14H19Cl2NS. The third kappa shape index (κ3) is 2.98. The molecule has 1 N–H and O–H groups in total. The molecule has 0 spiro atoms. The molecule has 2 unspecified atom stereocenters. The van der Waals surface area contributed by atoms with Crippen LogP contribution in [-0.4, -0.2) is 11.8 Å². The second kappa shape index (κ2) is 6.51. The Labute approximate surface area is 124 Å². The highest BCUT2D eigenvalue weighted by Gasteiger charge is 2.30. The summed E-state index contributed by atoms with van der Waals surface area (Å²) < 4.78 is 0. The van der Waals surface area contributed by atoms with Crippen LogP contribution in [-0.2, 0) is 5.75 Å². The molecule has 0 aromatic heterocycles. The van der Waals surface area contributed by atoms with Gasteiger partial charge >= 0.3 is 0 Å². The number of rotatable bonds is 4. The number of benzene rings is 1. The minimum absolute atomic E-state index is 0.375. The van der Waals surface area contributed by atoms with E-state index in [1.54, 1.807) is 0 Å². The lowest BCUT2D eigenvalue weighted by Crippen LogP contribution is -2.33. The van der Waals surface area contributed by atoms with E-state index in [0.717, 1.165) is 35.2 Å². The van der Waals surface area contributed by atoms with Gasteiger partial charge in [-0.15, -0.1) is 0 Å². The molecular weight excluding hydrogens is 285 g/mol. The van der Waals surface area contributed by atoms with Crippen molar-refractivity contribution in [2.75, 3.05) is 6.54 Å². The third-order valence-corrected chi connectivity index (χ3v) is 5.40. The van der Waals surface area contributed by atoms with Gasteiger partial charge in [-0.2, -0.15) is 11.8 Å². The van der Waals surface area contributed by atoms with Gasteiger partial charge in [-0.05, 0) is 42.6 Å². The van der Waals surface area contributed by atoms with Crippen LogP contribution in [0.25, 0.3) is 0 Å². The van der Waals surface area contributed by atoms with Crippen molar-refractivity contribution in [1.82, 2.24) is 5.32 Å². The van der Waals surface area contributed by atoms with Crippen molar-refractivity contribution in [2.45, 2.75) is 43.7 Å². The second-order valence-corrected chi connectivity index (χ2v) is 6.72. The van der Waals surface area contributed by atoms with Crippen molar-refractivity contribution in [2.24, 2.45) is 0 Å². The van der Waals surface area contributed by atoms with Gasteiger partial charge in [-0.3, -0.25) is 0 Å². The first-order valence-corrected chi connectivity index (χ1v) is 8.30. The lowest BCUT2D eigenvalue weighted by molar-refractivity contribution is 0.498. The Morgan fingerprint density at radius 2 is 2.11 bits per heavy atom. The highest BCUT2D eigenvalue weighted by Crippen LogP contribution is 2.43. The van der Waals surface area contributed by atoms with Crippen molar-refractivity contribution in [3.8, 4) is 0 Å². The minimum atomic E-state index is 0.375. The van der Waals surface area contributed by atoms with Gasteiger partial charge in [0.15, 0.2) is 0 Å². The van der Waals surface area contributed by atoms with Crippen LogP contribution in [0.5, 0.6) is 0 Å². The molecule has 0 saturated carbocycles. The van der Waals surface area contributed by atoms with Gasteiger partial charge in [0.2, 0.25) is 0 Å². The lowest BCUT2D eigenvalue weighted by Gasteiger charge is -2.34. The summed E-state index contributed by atoms with van der Waals surface area (Å²) in [7, 11) is 0. The highest BCUT2D eigenvalue weighted by atomic mass is 35.5. The van der Waals surface area contributed by atoms with Crippen LogP contribution in [0.1, 0.15) is 43.9 Å². The van der Waals surface area contributed by atoms with E-state index in [1.165, 1.54) is 11.1 Å². The van der Waals surface area contributed by atoms with Gasteiger partial charge in [0.25, 0.3) is 0 Å². The molecule has 0 aliphatic carbocycles. The SMILES string of the molecule is CCCNC1c2cc(Cl)cc(Cl)c2CSC1CC. The van der Waals surface area contributed by atoms with Crippen LogP contribution in [0.4, 0.5) is 0 Å². The van der Waals surface area contributed by atoms with Gasteiger partial charge in [-0.1, -0.05) is 37.0 Å². The molecule has 100 valence electrons. The normalized spacial score (nSPS) is 22.9. The Morgan fingerprint density at radius 1 is 1.33 bits per heavy atom. The van der Waals surface area contributed by atoms with E-state index in [-0.39, 0.29) is 0 Å². The largest absolute Gasteiger partial charge is 0.309 e. The summed E-state index contributed by atoms with van der Waals surface area (Å²) in [4.78, 5) is 0. The Kier molecular flexibility index (Phi) is 5.25. The first-order chi connectivity index (χ1) is 8.67. The standard InChI is InChI=1S/C14H19Cl2NS/c1-3-5-17-14-10-6-9(15)7-12(16)11(10)8-18-13(14)4-2/h6-7,13-14,17H,3-5,8H2,1-2H3. The summed E-state index contributed by atoms with van der Waals surface area (Å²) in [5, 5.41) is 5.80. The molecule has 2 rings (SSSR count). The predicted octanol–water partition coefficient (Wildman–Crippen LogP) is 5.06. The molecule has 0 radical (unpaired) electrons. The van der Waals surface area contributed by atoms with Gasteiger partial charge in [-0.25, -0.2) is 0 Å². The molecule has 4 heteroatoms.